The minimum absolute atomic E-state index is 0.112. The van der Waals surface area contributed by atoms with Crippen molar-refractivity contribution in [1.29, 1.82) is 0 Å². The number of nitrogens with two attached hydrogens (primary N) is 1. The fourth-order valence-electron chi connectivity index (χ4n) is 5.02. The zero-order valence-electron chi connectivity index (χ0n) is 23.3. The van der Waals surface area contributed by atoms with Gasteiger partial charge < -0.3 is 41.0 Å². The Balaban J connectivity index is 1.55. The van der Waals surface area contributed by atoms with E-state index in [1.165, 1.54) is 12.4 Å². The first-order valence-corrected chi connectivity index (χ1v) is 13.6. The van der Waals surface area contributed by atoms with Gasteiger partial charge in [0.2, 0.25) is 11.8 Å². The van der Waals surface area contributed by atoms with E-state index in [9.17, 15) is 19.2 Å². The van der Waals surface area contributed by atoms with E-state index in [2.05, 4.69) is 20.9 Å². The number of hydrogen-bond donors (Lipinski definition) is 4. The Morgan fingerprint density at radius 1 is 1.15 bits per heavy atom. The summed E-state index contributed by atoms with van der Waals surface area (Å²) in [6.45, 7) is 0.654. The van der Waals surface area contributed by atoms with Crippen molar-refractivity contribution in [1.82, 2.24) is 25.4 Å². The van der Waals surface area contributed by atoms with Gasteiger partial charge in [-0.25, -0.2) is 4.79 Å². The molecule has 220 valence electrons. The van der Waals surface area contributed by atoms with Crippen LogP contribution in [0.4, 0.5) is 10.5 Å². The number of aromatic nitrogens is 1. The number of urea groups is 1. The van der Waals surface area contributed by atoms with Crippen molar-refractivity contribution in [3.8, 4) is 11.5 Å². The standard InChI is InChI=1S/C28H37N7O6/c1-34-10-4-3-5-24(33-28(39)32-19-6-8-22(40-2)9-7-19)27(38)35-16-20(31-25(36)13-29)12-21(35)17-41-23-11-18(26(34)37)14-30-15-23/h6-9,11,14-15,20-21,24H,3-5,10,12-13,16-17,29H2,1-2H3,(H,31,36)(H2,32,33,39)/t20-,21-,24-/m0/s1. The van der Waals surface area contributed by atoms with Gasteiger partial charge in [0.15, 0.2) is 0 Å². The summed E-state index contributed by atoms with van der Waals surface area (Å²) in [6, 6.07) is 6.39. The number of pyridine rings is 1. The molecule has 3 heterocycles. The molecule has 1 fully saturated rings. The summed E-state index contributed by atoms with van der Waals surface area (Å²) in [6.07, 6.45) is 5.01. The second kappa shape index (κ2) is 13.8. The molecule has 2 bridgehead atoms. The minimum atomic E-state index is -0.839. The zero-order valence-corrected chi connectivity index (χ0v) is 23.3. The Labute approximate surface area is 238 Å². The van der Waals surface area contributed by atoms with Crippen LogP contribution < -0.4 is 31.2 Å². The van der Waals surface area contributed by atoms with E-state index >= 15 is 0 Å². The first kappa shape index (κ1) is 29.6. The molecule has 3 atom stereocenters. The number of benzene rings is 1. The predicted octanol–water partition coefficient (Wildman–Crippen LogP) is 0.960. The van der Waals surface area contributed by atoms with Crippen molar-refractivity contribution in [2.24, 2.45) is 5.73 Å². The van der Waals surface area contributed by atoms with E-state index in [-0.39, 0.29) is 43.5 Å². The third-order valence-corrected chi connectivity index (χ3v) is 7.18. The highest BCUT2D eigenvalue weighted by atomic mass is 16.5. The van der Waals surface area contributed by atoms with Gasteiger partial charge in [-0.3, -0.25) is 19.4 Å². The van der Waals surface area contributed by atoms with Gasteiger partial charge in [0.25, 0.3) is 5.91 Å². The van der Waals surface area contributed by atoms with Gasteiger partial charge in [-0.05, 0) is 56.0 Å². The fourth-order valence-corrected chi connectivity index (χ4v) is 5.02. The van der Waals surface area contributed by atoms with Gasteiger partial charge in [0.1, 0.15) is 24.1 Å². The Bertz CT molecular complexity index is 1240. The molecule has 0 saturated carbocycles. The Morgan fingerprint density at radius 3 is 2.66 bits per heavy atom. The predicted molar refractivity (Wildman–Crippen MR) is 151 cm³/mol. The lowest BCUT2D eigenvalue weighted by molar-refractivity contribution is -0.135. The van der Waals surface area contributed by atoms with E-state index < -0.39 is 18.1 Å². The molecule has 13 nitrogen and oxygen atoms in total. The third-order valence-electron chi connectivity index (χ3n) is 7.18. The van der Waals surface area contributed by atoms with Crippen molar-refractivity contribution in [3.63, 3.8) is 0 Å². The van der Waals surface area contributed by atoms with Gasteiger partial charge in [0.05, 0.1) is 31.5 Å². The van der Waals surface area contributed by atoms with Crippen LogP contribution >= 0.6 is 0 Å². The van der Waals surface area contributed by atoms with Crippen molar-refractivity contribution < 1.29 is 28.7 Å². The summed E-state index contributed by atoms with van der Waals surface area (Å²) in [7, 11) is 3.27. The Hall–Kier alpha value is -4.39. The molecule has 2 aromatic rings. The largest absolute Gasteiger partial charge is 0.497 e. The number of rotatable bonds is 5. The molecule has 0 unspecified atom stereocenters. The molecule has 5 amide bonds. The van der Waals surface area contributed by atoms with Crippen LogP contribution in [0.1, 0.15) is 36.0 Å². The molecule has 5 N–H and O–H groups in total. The minimum Gasteiger partial charge on any atom is -0.497 e. The van der Waals surface area contributed by atoms with Crippen LogP contribution in [0.3, 0.4) is 0 Å². The van der Waals surface area contributed by atoms with E-state index in [1.807, 2.05) is 0 Å². The number of methoxy groups -OCH3 is 1. The van der Waals surface area contributed by atoms with E-state index in [0.29, 0.717) is 55.0 Å². The number of fused-ring (bicyclic) bond motifs is 3. The molecule has 2 aliphatic rings. The average Bonchev–Trinajstić information content (AvgIpc) is 3.38. The molecule has 1 saturated heterocycles. The number of anilines is 1. The molecule has 2 aliphatic heterocycles. The van der Waals surface area contributed by atoms with Gasteiger partial charge >= 0.3 is 6.03 Å². The number of nitrogens with zero attached hydrogens (tertiary/aromatic N) is 3. The average molecular weight is 568 g/mol. The molecular weight excluding hydrogens is 530 g/mol. The maximum atomic E-state index is 13.9. The molecule has 4 rings (SSSR count). The second-order valence-corrected chi connectivity index (χ2v) is 10.2. The van der Waals surface area contributed by atoms with Crippen LogP contribution in [0.5, 0.6) is 11.5 Å². The molecule has 0 aliphatic carbocycles. The van der Waals surface area contributed by atoms with E-state index in [0.717, 1.165) is 0 Å². The lowest BCUT2D eigenvalue weighted by Gasteiger charge is -2.29. The normalized spacial score (nSPS) is 21.6. The van der Waals surface area contributed by atoms with Crippen LogP contribution in [0.15, 0.2) is 42.7 Å². The number of amides is 5. The summed E-state index contributed by atoms with van der Waals surface area (Å²) in [5.74, 6) is 0.264. The van der Waals surface area contributed by atoms with Crippen molar-refractivity contribution in [2.45, 2.75) is 43.8 Å². The summed E-state index contributed by atoms with van der Waals surface area (Å²) >= 11 is 0. The van der Waals surface area contributed by atoms with E-state index in [4.69, 9.17) is 15.2 Å². The maximum Gasteiger partial charge on any atom is 0.319 e. The number of ether oxygens (including phenoxy) is 2. The zero-order chi connectivity index (χ0) is 29.4. The Kier molecular flexibility index (Phi) is 9.95. The molecular formula is C28H37N7O6. The first-order chi connectivity index (χ1) is 19.8. The second-order valence-electron chi connectivity index (χ2n) is 10.2. The first-order valence-electron chi connectivity index (χ1n) is 13.6. The van der Waals surface area contributed by atoms with Gasteiger partial charge in [-0.15, -0.1) is 0 Å². The van der Waals surface area contributed by atoms with Crippen molar-refractivity contribution >= 4 is 29.4 Å². The van der Waals surface area contributed by atoms with Crippen LogP contribution in [-0.2, 0) is 9.59 Å². The SMILES string of the molecule is COc1ccc(NC(=O)N[C@H]2CCCCN(C)C(=O)c3cncc(c3)OC[C@@H]3C[C@H](NC(=O)CN)CN3C2=O)cc1. The quantitative estimate of drug-likeness (QED) is 0.414. The maximum absolute atomic E-state index is 13.9. The molecule has 13 heteroatoms. The van der Waals surface area contributed by atoms with Crippen LogP contribution in [0.2, 0.25) is 0 Å². The summed E-state index contributed by atoms with van der Waals surface area (Å²) in [4.78, 5) is 59.2. The highest BCUT2D eigenvalue weighted by Crippen LogP contribution is 2.23. The molecule has 1 aromatic carbocycles. The highest BCUT2D eigenvalue weighted by Gasteiger charge is 2.39. The van der Waals surface area contributed by atoms with Crippen molar-refractivity contribution in [2.75, 3.05) is 45.7 Å². The molecule has 41 heavy (non-hydrogen) atoms. The van der Waals surface area contributed by atoms with Crippen LogP contribution in [0.25, 0.3) is 0 Å². The number of nitrogens with one attached hydrogen (secondary N) is 3. The fraction of sp³-hybridized carbons (Fsp3) is 0.464. The number of carbonyl (C=O) groups excluding carboxylic acids is 4. The van der Waals surface area contributed by atoms with Gasteiger partial charge in [-0.2, -0.15) is 0 Å². The highest BCUT2D eigenvalue weighted by molar-refractivity contribution is 5.94. The Morgan fingerprint density at radius 2 is 1.93 bits per heavy atom. The summed E-state index contributed by atoms with van der Waals surface area (Å²) in [5, 5.41) is 8.45. The summed E-state index contributed by atoms with van der Waals surface area (Å²) in [5.41, 5.74) is 6.44. The smallest absolute Gasteiger partial charge is 0.319 e. The van der Waals surface area contributed by atoms with Gasteiger partial charge in [-0.1, -0.05) is 0 Å². The molecule has 1 aromatic heterocycles. The lowest BCUT2D eigenvalue weighted by atomic mass is 10.1. The van der Waals surface area contributed by atoms with Gasteiger partial charge in [0, 0.05) is 38.1 Å². The molecule has 0 radical (unpaired) electrons. The number of carbonyl (C=O) groups is 4. The van der Waals surface area contributed by atoms with E-state index in [1.54, 1.807) is 54.3 Å². The topological polar surface area (TPSA) is 168 Å². The van der Waals surface area contributed by atoms with Crippen molar-refractivity contribution in [3.05, 3.63) is 48.3 Å². The number of hydrogen-bond acceptors (Lipinski definition) is 8. The molecule has 0 spiro atoms. The van der Waals surface area contributed by atoms with Crippen LogP contribution in [-0.4, -0.2) is 97.1 Å². The third kappa shape index (κ3) is 7.84. The summed E-state index contributed by atoms with van der Waals surface area (Å²) < 4.78 is 11.1. The monoisotopic (exact) mass is 567 g/mol. The van der Waals surface area contributed by atoms with Crippen LogP contribution in [0, 0.1) is 0 Å². The lowest BCUT2D eigenvalue weighted by Crippen LogP contribution is -2.52.